The van der Waals surface area contributed by atoms with Crippen LogP contribution in [0.5, 0.6) is 0 Å². The molecule has 3 aromatic rings. The molecule has 3 rings (SSSR count). The third-order valence-electron chi connectivity index (χ3n) is 3.16. The van der Waals surface area contributed by atoms with Crippen molar-refractivity contribution < 1.29 is 0 Å². The Morgan fingerprint density at radius 1 is 1.31 bits per heavy atom. The molecule has 0 fully saturated rings. The summed E-state index contributed by atoms with van der Waals surface area (Å²) in [5.74, 6) is 0. The summed E-state index contributed by atoms with van der Waals surface area (Å²) in [7, 11) is 2.09. The van der Waals surface area contributed by atoms with E-state index < -0.39 is 0 Å². The van der Waals surface area contributed by atoms with Crippen molar-refractivity contribution in [1.29, 1.82) is 0 Å². The van der Waals surface area contributed by atoms with Gasteiger partial charge in [0.25, 0.3) is 0 Å². The van der Waals surface area contributed by atoms with Gasteiger partial charge in [0.05, 0.1) is 5.52 Å². The second-order valence-corrected chi connectivity index (χ2v) is 4.00. The van der Waals surface area contributed by atoms with Crippen molar-refractivity contribution in [3.8, 4) is 11.3 Å². The van der Waals surface area contributed by atoms with E-state index in [9.17, 15) is 0 Å². The maximum absolute atomic E-state index is 4.21. The van der Waals surface area contributed by atoms with E-state index in [-0.39, 0.29) is 0 Å². The zero-order chi connectivity index (χ0) is 11.1. The van der Waals surface area contributed by atoms with Gasteiger partial charge in [-0.1, -0.05) is 0 Å². The standard InChI is InChI=1S/C13H13N3/c1-9-13(11-4-3-6-15-11)10-8-14-7-5-12(10)16(9)2/h3-8,15H,1-2H3. The third kappa shape index (κ3) is 1.11. The van der Waals surface area contributed by atoms with Gasteiger partial charge in [0.1, 0.15) is 0 Å². The van der Waals surface area contributed by atoms with Gasteiger partial charge < -0.3 is 9.55 Å². The molecule has 3 aromatic heterocycles. The number of aryl methyl sites for hydroxylation is 1. The maximum Gasteiger partial charge on any atom is 0.0517 e. The smallest absolute Gasteiger partial charge is 0.0517 e. The number of H-pyrrole nitrogens is 1. The quantitative estimate of drug-likeness (QED) is 0.659. The number of aromatic nitrogens is 3. The van der Waals surface area contributed by atoms with E-state index in [1.54, 1.807) is 0 Å². The molecule has 1 N–H and O–H groups in total. The molecule has 0 radical (unpaired) electrons. The van der Waals surface area contributed by atoms with Crippen molar-refractivity contribution in [2.24, 2.45) is 7.05 Å². The van der Waals surface area contributed by atoms with E-state index in [0.29, 0.717) is 0 Å². The zero-order valence-corrected chi connectivity index (χ0v) is 9.36. The van der Waals surface area contributed by atoms with Crippen LogP contribution < -0.4 is 0 Å². The van der Waals surface area contributed by atoms with Gasteiger partial charge in [-0.05, 0) is 25.1 Å². The molecule has 3 heterocycles. The summed E-state index contributed by atoms with van der Waals surface area (Å²) in [5, 5.41) is 1.20. The minimum atomic E-state index is 1.15. The van der Waals surface area contributed by atoms with Crippen LogP contribution in [0.4, 0.5) is 0 Å². The van der Waals surface area contributed by atoms with Crippen molar-refractivity contribution in [1.82, 2.24) is 14.5 Å². The average molecular weight is 211 g/mol. The molecule has 0 aliphatic carbocycles. The second kappa shape index (κ2) is 3.23. The molecule has 3 heteroatoms. The number of hydrogen-bond donors (Lipinski definition) is 1. The van der Waals surface area contributed by atoms with Crippen molar-refractivity contribution in [2.75, 3.05) is 0 Å². The van der Waals surface area contributed by atoms with Crippen LogP contribution in [0.25, 0.3) is 22.2 Å². The normalized spacial score (nSPS) is 11.1. The first-order valence-electron chi connectivity index (χ1n) is 5.32. The molecule has 0 bridgehead atoms. The van der Waals surface area contributed by atoms with Gasteiger partial charge in [0.2, 0.25) is 0 Å². The lowest BCUT2D eigenvalue weighted by Crippen LogP contribution is -1.90. The lowest BCUT2D eigenvalue weighted by molar-refractivity contribution is 0.918. The van der Waals surface area contributed by atoms with E-state index in [1.165, 1.54) is 22.2 Å². The van der Waals surface area contributed by atoms with Crippen LogP contribution in [0.1, 0.15) is 5.69 Å². The molecule has 0 saturated carbocycles. The molecule has 80 valence electrons. The van der Waals surface area contributed by atoms with Crippen LogP contribution in [-0.2, 0) is 7.05 Å². The summed E-state index contributed by atoms with van der Waals surface area (Å²) in [6.07, 6.45) is 5.71. The summed E-state index contributed by atoms with van der Waals surface area (Å²) in [6, 6.07) is 6.16. The molecule has 0 atom stereocenters. The Kier molecular flexibility index (Phi) is 1.86. The number of nitrogens with zero attached hydrogens (tertiary/aromatic N) is 2. The van der Waals surface area contributed by atoms with Crippen LogP contribution >= 0.6 is 0 Å². The summed E-state index contributed by atoms with van der Waals surface area (Å²) >= 11 is 0. The van der Waals surface area contributed by atoms with Gasteiger partial charge in [-0.3, -0.25) is 4.98 Å². The molecule has 0 aliphatic heterocycles. The van der Waals surface area contributed by atoms with Gasteiger partial charge >= 0.3 is 0 Å². The summed E-state index contributed by atoms with van der Waals surface area (Å²) in [4.78, 5) is 7.47. The van der Waals surface area contributed by atoms with Crippen LogP contribution in [0.2, 0.25) is 0 Å². The second-order valence-electron chi connectivity index (χ2n) is 4.00. The molecular weight excluding hydrogens is 198 g/mol. The number of nitrogens with one attached hydrogen (secondary N) is 1. The molecule has 0 saturated heterocycles. The lowest BCUT2D eigenvalue weighted by Gasteiger charge is -1.99. The predicted octanol–water partition coefficient (Wildman–Crippen LogP) is 2.88. The van der Waals surface area contributed by atoms with Gasteiger partial charge in [0.15, 0.2) is 0 Å². The Labute approximate surface area is 93.7 Å². The zero-order valence-electron chi connectivity index (χ0n) is 9.36. The molecular formula is C13H13N3. The number of aromatic amines is 1. The number of pyridine rings is 1. The first kappa shape index (κ1) is 9.21. The fourth-order valence-electron chi connectivity index (χ4n) is 2.24. The first-order chi connectivity index (χ1) is 7.79. The Morgan fingerprint density at radius 2 is 2.19 bits per heavy atom. The Hall–Kier alpha value is -2.03. The highest BCUT2D eigenvalue weighted by atomic mass is 15.0. The highest BCUT2D eigenvalue weighted by Crippen LogP contribution is 2.32. The summed E-state index contributed by atoms with van der Waals surface area (Å²) < 4.78 is 2.20. The molecule has 0 aromatic carbocycles. The van der Waals surface area contributed by atoms with Crippen LogP contribution in [0, 0.1) is 6.92 Å². The van der Waals surface area contributed by atoms with E-state index in [0.717, 1.165) is 5.69 Å². The van der Waals surface area contributed by atoms with Crippen molar-refractivity contribution in [2.45, 2.75) is 6.92 Å². The van der Waals surface area contributed by atoms with Gasteiger partial charge in [-0.25, -0.2) is 0 Å². The van der Waals surface area contributed by atoms with E-state index in [4.69, 9.17) is 0 Å². The first-order valence-corrected chi connectivity index (χ1v) is 5.32. The Balaban J connectivity index is 2.44. The van der Waals surface area contributed by atoms with Crippen molar-refractivity contribution in [3.63, 3.8) is 0 Å². The number of hydrogen-bond acceptors (Lipinski definition) is 1. The Bertz CT molecular complexity index is 633. The minimum Gasteiger partial charge on any atom is -0.361 e. The van der Waals surface area contributed by atoms with Crippen molar-refractivity contribution in [3.05, 3.63) is 42.5 Å². The van der Waals surface area contributed by atoms with Crippen molar-refractivity contribution >= 4 is 10.9 Å². The van der Waals surface area contributed by atoms with Gasteiger partial charge in [-0.15, -0.1) is 0 Å². The largest absolute Gasteiger partial charge is 0.361 e. The summed E-state index contributed by atoms with van der Waals surface area (Å²) in [5.41, 5.74) is 4.87. The topological polar surface area (TPSA) is 33.6 Å². The predicted molar refractivity (Wildman–Crippen MR) is 65.2 cm³/mol. The van der Waals surface area contributed by atoms with E-state index >= 15 is 0 Å². The monoisotopic (exact) mass is 211 g/mol. The fourth-order valence-corrected chi connectivity index (χ4v) is 2.24. The number of fused-ring (bicyclic) bond motifs is 1. The minimum absolute atomic E-state index is 1.15. The highest BCUT2D eigenvalue weighted by Gasteiger charge is 2.13. The van der Waals surface area contributed by atoms with Crippen LogP contribution in [0.3, 0.4) is 0 Å². The fraction of sp³-hybridized carbons (Fsp3) is 0.154. The maximum atomic E-state index is 4.21. The van der Waals surface area contributed by atoms with E-state index in [1.807, 2.05) is 24.7 Å². The SMILES string of the molecule is Cc1c(-c2ccc[nH]2)c2cnccc2n1C. The van der Waals surface area contributed by atoms with Gasteiger partial charge in [-0.2, -0.15) is 0 Å². The molecule has 0 spiro atoms. The Morgan fingerprint density at radius 3 is 2.94 bits per heavy atom. The van der Waals surface area contributed by atoms with E-state index in [2.05, 4.69) is 40.6 Å². The molecule has 0 unspecified atom stereocenters. The lowest BCUT2D eigenvalue weighted by atomic mass is 10.1. The molecule has 16 heavy (non-hydrogen) atoms. The van der Waals surface area contributed by atoms with Gasteiger partial charge in [0, 0.05) is 48.0 Å². The average Bonchev–Trinajstić information content (AvgIpc) is 2.89. The third-order valence-corrected chi connectivity index (χ3v) is 3.16. The highest BCUT2D eigenvalue weighted by molar-refractivity contribution is 5.96. The van der Waals surface area contributed by atoms with Crippen LogP contribution in [-0.4, -0.2) is 14.5 Å². The summed E-state index contributed by atoms with van der Waals surface area (Å²) in [6.45, 7) is 2.14. The number of rotatable bonds is 1. The molecule has 0 aliphatic rings. The molecule has 0 amide bonds. The molecule has 3 nitrogen and oxygen atoms in total. The van der Waals surface area contributed by atoms with Crippen LogP contribution in [0.15, 0.2) is 36.8 Å².